The van der Waals surface area contributed by atoms with E-state index < -0.39 is 5.97 Å². The van der Waals surface area contributed by atoms with Gasteiger partial charge >= 0.3 is 5.97 Å². The number of hydrogen-bond acceptors (Lipinski definition) is 8. The molecule has 8 nitrogen and oxygen atoms in total. The van der Waals surface area contributed by atoms with Gasteiger partial charge in [0.1, 0.15) is 17.6 Å². The van der Waals surface area contributed by atoms with E-state index in [1.165, 1.54) is 31.4 Å². The van der Waals surface area contributed by atoms with Crippen LogP contribution in [0.5, 0.6) is 11.5 Å². The number of nitriles is 1. The Labute approximate surface area is 183 Å². The Morgan fingerprint density at radius 2 is 1.38 bits per heavy atom. The van der Waals surface area contributed by atoms with Gasteiger partial charge in [-0.05, 0) is 36.4 Å². The monoisotopic (exact) mass is 424 g/mol. The lowest BCUT2D eigenvalue weighted by molar-refractivity contribution is 0.0600. The number of ether oxygens (including phenoxy) is 1. The van der Waals surface area contributed by atoms with Crippen molar-refractivity contribution in [1.29, 1.82) is 5.26 Å². The summed E-state index contributed by atoms with van der Waals surface area (Å²) >= 11 is 0. The molecule has 0 atom stereocenters. The predicted molar refractivity (Wildman–Crippen MR) is 116 cm³/mol. The van der Waals surface area contributed by atoms with E-state index in [1.807, 2.05) is 6.07 Å². The Bertz CT molecular complexity index is 1320. The molecule has 0 aliphatic carbocycles. The second-order valence-electron chi connectivity index (χ2n) is 6.70. The molecule has 32 heavy (non-hydrogen) atoms. The van der Waals surface area contributed by atoms with Crippen molar-refractivity contribution in [2.45, 2.75) is 0 Å². The van der Waals surface area contributed by atoms with Gasteiger partial charge < -0.3 is 14.9 Å². The summed E-state index contributed by atoms with van der Waals surface area (Å²) in [5.41, 5.74) is 1.42. The number of carbonyl (C=O) groups is 1. The van der Waals surface area contributed by atoms with Gasteiger partial charge in [0.2, 0.25) is 0 Å². The van der Waals surface area contributed by atoms with Gasteiger partial charge in [-0.2, -0.15) is 5.26 Å². The lowest BCUT2D eigenvalue weighted by atomic mass is 10.0. The first-order chi connectivity index (χ1) is 15.5. The second kappa shape index (κ2) is 8.53. The SMILES string of the molecule is COC(=O)c1ccc(-c2nc(-c3ccccc3O)nc(-c3ccccc3O)n2)cc1C#N. The van der Waals surface area contributed by atoms with Crippen LogP contribution in [0.4, 0.5) is 0 Å². The molecule has 156 valence electrons. The summed E-state index contributed by atoms with van der Waals surface area (Å²) < 4.78 is 4.72. The molecule has 3 aromatic carbocycles. The summed E-state index contributed by atoms with van der Waals surface area (Å²) in [6.45, 7) is 0. The minimum Gasteiger partial charge on any atom is -0.507 e. The molecule has 0 bridgehead atoms. The molecular formula is C24H16N4O4. The standard InChI is InChI=1S/C24H16N4O4/c1-32-24(31)16-11-10-14(12-15(16)13-25)21-26-22(17-6-2-4-8-19(17)29)28-23(27-21)18-7-3-5-9-20(18)30/h2-12,29-30H,1H3. The zero-order valence-corrected chi connectivity index (χ0v) is 16.9. The first kappa shape index (κ1) is 20.5. The fourth-order valence-corrected chi connectivity index (χ4v) is 3.14. The maximum Gasteiger partial charge on any atom is 0.339 e. The number of phenols is 2. The minimum absolute atomic E-state index is 0.0216. The van der Waals surface area contributed by atoms with E-state index in [2.05, 4.69) is 15.0 Å². The minimum atomic E-state index is -0.631. The third-order valence-electron chi connectivity index (χ3n) is 4.73. The summed E-state index contributed by atoms with van der Waals surface area (Å²) in [7, 11) is 1.24. The summed E-state index contributed by atoms with van der Waals surface area (Å²) in [6.07, 6.45) is 0. The van der Waals surface area contributed by atoms with Crippen molar-refractivity contribution in [3.63, 3.8) is 0 Å². The van der Waals surface area contributed by atoms with Gasteiger partial charge in [-0.3, -0.25) is 0 Å². The maximum absolute atomic E-state index is 11.9. The van der Waals surface area contributed by atoms with E-state index >= 15 is 0 Å². The number of hydrogen-bond donors (Lipinski definition) is 2. The number of esters is 1. The van der Waals surface area contributed by atoms with E-state index in [4.69, 9.17) is 4.74 Å². The largest absolute Gasteiger partial charge is 0.507 e. The number of para-hydroxylation sites is 2. The summed E-state index contributed by atoms with van der Waals surface area (Å²) in [5.74, 6) is -0.111. The molecule has 1 heterocycles. The van der Waals surface area contributed by atoms with E-state index in [0.717, 1.165) is 0 Å². The van der Waals surface area contributed by atoms with Crippen LogP contribution in [-0.4, -0.2) is 38.2 Å². The summed E-state index contributed by atoms with van der Waals surface area (Å²) in [5, 5.41) is 30.1. The molecule has 0 fully saturated rings. The normalized spacial score (nSPS) is 10.4. The van der Waals surface area contributed by atoms with Crippen molar-refractivity contribution in [2.75, 3.05) is 7.11 Å². The lowest BCUT2D eigenvalue weighted by Gasteiger charge is -2.10. The quantitative estimate of drug-likeness (QED) is 0.471. The van der Waals surface area contributed by atoms with Gasteiger partial charge in [0.25, 0.3) is 0 Å². The van der Waals surface area contributed by atoms with Crippen molar-refractivity contribution in [3.8, 4) is 51.7 Å². The van der Waals surface area contributed by atoms with Crippen LogP contribution in [0.1, 0.15) is 15.9 Å². The van der Waals surface area contributed by atoms with Crippen LogP contribution >= 0.6 is 0 Å². The molecule has 1 aromatic heterocycles. The Balaban J connectivity index is 1.95. The van der Waals surface area contributed by atoms with Gasteiger partial charge in [0.05, 0.1) is 29.4 Å². The average Bonchev–Trinajstić information content (AvgIpc) is 2.83. The van der Waals surface area contributed by atoms with Crippen molar-refractivity contribution in [2.24, 2.45) is 0 Å². The van der Waals surface area contributed by atoms with Crippen molar-refractivity contribution < 1.29 is 19.7 Å². The highest BCUT2D eigenvalue weighted by Crippen LogP contribution is 2.32. The van der Waals surface area contributed by atoms with E-state index in [9.17, 15) is 20.3 Å². The molecule has 4 rings (SSSR count). The number of methoxy groups -OCH3 is 1. The number of nitrogens with zero attached hydrogens (tertiary/aromatic N) is 4. The molecule has 4 aromatic rings. The number of aromatic nitrogens is 3. The van der Waals surface area contributed by atoms with Gasteiger partial charge in [-0.15, -0.1) is 0 Å². The van der Waals surface area contributed by atoms with Crippen LogP contribution in [0.3, 0.4) is 0 Å². The van der Waals surface area contributed by atoms with Crippen LogP contribution < -0.4 is 0 Å². The zero-order chi connectivity index (χ0) is 22.7. The van der Waals surface area contributed by atoms with Gasteiger partial charge in [0, 0.05) is 5.56 Å². The highest BCUT2D eigenvalue weighted by Gasteiger charge is 2.18. The molecule has 8 heteroatoms. The molecule has 0 amide bonds. The predicted octanol–water partition coefficient (Wildman–Crippen LogP) is 3.94. The fraction of sp³-hybridized carbons (Fsp3) is 0.0417. The number of aromatic hydroxyl groups is 2. The molecule has 0 aliphatic rings. The van der Waals surface area contributed by atoms with Crippen LogP contribution in [0, 0.1) is 11.3 Å². The van der Waals surface area contributed by atoms with E-state index in [1.54, 1.807) is 42.5 Å². The Morgan fingerprint density at radius 3 is 1.88 bits per heavy atom. The van der Waals surface area contributed by atoms with Crippen LogP contribution in [0.15, 0.2) is 66.7 Å². The lowest BCUT2D eigenvalue weighted by Crippen LogP contribution is -2.05. The molecule has 0 unspecified atom stereocenters. The zero-order valence-electron chi connectivity index (χ0n) is 16.9. The topological polar surface area (TPSA) is 129 Å². The van der Waals surface area contributed by atoms with Gasteiger partial charge in [-0.25, -0.2) is 19.7 Å². The fourth-order valence-electron chi connectivity index (χ4n) is 3.14. The van der Waals surface area contributed by atoms with Crippen molar-refractivity contribution >= 4 is 5.97 Å². The maximum atomic E-state index is 11.9. The molecule has 0 radical (unpaired) electrons. The number of phenolic OH excluding ortho intramolecular Hbond substituents is 2. The van der Waals surface area contributed by atoms with Crippen LogP contribution in [0.2, 0.25) is 0 Å². The molecule has 0 aliphatic heterocycles. The number of rotatable bonds is 4. The van der Waals surface area contributed by atoms with Crippen LogP contribution in [0.25, 0.3) is 34.2 Å². The highest BCUT2D eigenvalue weighted by molar-refractivity contribution is 5.93. The van der Waals surface area contributed by atoms with E-state index in [-0.39, 0.29) is 40.1 Å². The average molecular weight is 424 g/mol. The van der Waals surface area contributed by atoms with Crippen molar-refractivity contribution in [1.82, 2.24) is 15.0 Å². The molecule has 0 spiro atoms. The third-order valence-corrected chi connectivity index (χ3v) is 4.73. The van der Waals surface area contributed by atoms with Gasteiger partial charge in [-0.1, -0.05) is 30.3 Å². The summed E-state index contributed by atoms with van der Waals surface area (Å²) in [6, 6.07) is 19.7. The van der Waals surface area contributed by atoms with E-state index in [0.29, 0.717) is 16.7 Å². The molecule has 2 N–H and O–H groups in total. The Kier molecular flexibility index (Phi) is 5.47. The van der Waals surface area contributed by atoms with Crippen molar-refractivity contribution in [3.05, 3.63) is 77.9 Å². The molecule has 0 saturated carbocycles. The second-order valence-corrected chi connectivity index (χ2v) is 6.70. The van der Waals surface area contributed by atoms with Crippen LogP contribution in [-0.2, 0) is 4.74 Å². The number of carbonyl (C=O) groups excluding carboxylic acids is 1. The smallest absolute Gasteiger partial charge is 0.339 e. The molecular weight excluding hydrogens is 408 g/mol. The molecule has 0 saturated heterocycles. The first-order valence-electron chi connectivity index (χ1n) is 9.47. The Morgan fingerprint density at radius 1 is 0.844 bits per heavy atom. The number of benzene rings is 3. The Hall–Kier alpha value is -4.77. The third kappa shape index (κ3) is 3.82. The first-order valence-corrected chi connectivity index (χ1v) is 9.47. The summed E-state index contributed by atoms with van der Waals surface area (Å²) in [4.78, 5) is 25.3. The highest BCUT2D eigenvalue weighted by atomic mass is 16.5. The van der Waals surface area contributed by atoms with Gasteiger partial charge in [0.15, 0.2) is 17.5 Å².